The molecule has 0 bridgehead atoms. The van der Waals surface area contributed by atoms with E-state index in [4.69, 9.17) is 29.9 Å². The van der Waals surface area contributed by atoms with Crippen molar-refractivity contribution in [1.29, 1.82) is 0 Å². The number of rotatable bonds is 5. The molecule has 1 aliphatic heterocycles. The molecule has 1 aliphatic rings. The summed E-state index contributed by atoms with van der Waals surface area (Å²) in [5.74, 6) is 2.32. The summed E-state index contributed by atoms with van der Waals surface area (Å²) in [5, 5.41) is 0.514. The van der Waals surface area contributed by atoms with Crippen molar-refractivity contribution in [3.8, 4) is 23.0 Å². The van der Waals surface area contributed by atoms with E-state index in [1.54, 1.807) is 7.11 Å². The van der Waals surface area contributed by atoms with Crippen molar-refractivity contribution >= 4 is 37.8 Å². The van der Waals surface area contributed by atoms with E-state index in [1.165, 1.54) is 11.3 Å². The van der Waals surface area contributed by atoms with Crippen molar-refractivity contribution in [1.82, 2.24) is 19.5 Å². The number of methoxy groups -OCH3 is 1. The number of hydrogen-bond acceptors (Lipinski definition) is 8. The zero-order valence-corrected chi connectivity index (χ0v) is 17.7. The first-order valence-electron chi connectivity index (χ1n) is 9.98. The van der Waals surface area contributed by atoms with Crippen LogP contribution in [-0.2, 0) is 11.3 Å². The van der Waals surface area contributed by atoms with Gasteiger partial charge in [0.15, 0.2) is 11.0 Å². The molecule has 156 valence electrons. The van der Waals surface area contributed by atoms with E-state index in [-0.39, 0.29) is 6.10 Å². The fraction of sp³-hybridized carbons (Fsp3) is 0.381. The molecule has 3 aromatic heterocycles. The number of aryl methyl sites for hydroxylation is 1. The molecule has 0 fully saturated rings. The van der Waals surface area contributed by atoms with Crippen LogP contribution in [0.2, 0.25) is 0 Å². The summed E-state index contributed by atoms with van der Waals surface area (Å²) in [6.45, 7) is 4.02. The molecule has 0 saturated carbocycles. The van der Waals surface area contributed by atoms with E-state index in [0.29, 0.717) is 18.3 Å². The third kappa shape index (κ3) is 3.44. The van der Waals surface area contributed by atoms with Crippen LogP contribution in [0.15, 0.2) is 24.3 Å². The zero-order valence-electron chi connectivity index (χ0n) is 16.9. The second kappa shape index (κ2) is 7.73. The van der Waals surface area contributed by atoms with Gasteiger partial charge >= 0.3 is 0 Å². The number of anilines is 1. The second-order valence-electron chi connectivity index (χ2n) is 7.39. The van der Waals surface area contributed by atoms with Gasteiger partial charge in [0.25, 0.3) is 0 Å². The van der Waals surface area contributed by atoms with Crippen LogP contribution < -0.4 is 15.2 Å². The van der Waals surface area contributed by atoms with Crippen molar-refractivity contribution in [2.24, 2.45) is 0 Å². The Balaban J connectivity index is 1.65. The predicted molar refractivity (Wildman–Crippen MR) is 117 cm³/mol. The molecular formula is C21H23N5O3S. The lowest BCUT2D eigenvalue weighted by molar-refractivity contribution is 0.0919. The van der Waals surface area contributed by atoms with Crippen LogP contribution in [0.1, 0.15) is 19.8 Å². The number of fused-ring (bicyclic) bond motifs is 1. The molecule has 0 radical (unpaired) electrons. The highest BCUT2D eigenvalue weighted by Gasteiger charge is 2.21. The third-order valence-corrected chi connectivity index (χ3v) is 5.85. The van der Waals surface area contributed by atoms with Crippen LogP contribution in [0, 0.1) is 0 Å². The monoisotopic (exact) mass is 425 g/mol. The molecule has 1 atom stereocenters. The second-order valence-corrected chi connectivity index (χ2v) is 8.40. The standard InChI is InChI=1S/C21H23N5O3S/c1-12(11-27-2)29-13-9-16-18-17(10-13)28-8-4-3-7-26(18)19(23-16)14-5-6-15-20(24-14)30-21(22)25-15/h5-6,9-10,12H,3-4,7-8,11H2,1-2H3,(H2,22,25)/t12-/m0/s1. The fourth-order valence-corrected chi connectivity index (χ4v) is 4.51. The van der Waals surface area contributed by atoms with Crippen molar-refractivity contribution < 1.29 is 14.2 Å². The van der Waals surface area contributed by atoms with E-state index in [2.05, 4.69) is 9.55 Å². The van der Waals surface area contributed by atoms with E-state index < -0.39 is 0 Å². The van der Waals surface area contributed by atoms with Gasteiger partial charge in [-0.1, -0.05) is 11.3 Å². The van der Waals surface area contributed by atoms with Crippen LogP contribution in [0.4, 0.5) is 5.13 Å². The van der Waals surface area contributed by atoms with E-state index in [9.17, 15) is 0 Å². The molecule has 4 heterocycles. The highest BCUT2D eigenvalue weighted by atomic mass is 32.1. The number of aromatic nitrogens is 4. The average molecular weight is 426 g/mol. The van der Waals surface area contributed by atoms with Gasteiger partial charge in [-0.2, -0.15) is 0 Å². The number of nitrogens with two attached hydrogens (primary N) is 1. The number of ether oxygens (including phenoxy) is 3. The van der Waals surface area contributed by atoms with E-state index >= 15 is 0 Å². The quantitative estimate of drug-likeness (QED) is 0.518. The van der Waals surface area contributed by atoms with Crippen molar-refractivity contribution in [3.05, 3.63) is 24.3 Å². The van der Waals surface area contributed by atoms with Crippen LogP contribution >= 0.6 is 11.3 Å². The Hall–Kier alpha value is -2.91. The Morgan fingerprint density at radius 2 is 2.10 bits per heavy atom. The summed E-state index contributed by atoms with van der Waals surface area (Å²) in [7, 11) is 1.66. The number of benzene rings is 1. The molecule has 0 amide bonds. The minimum absolute atomic E-state index is 0.0735. The van der Waals surface area contributed by atoms with Crippen LogP contribution in [0.3, 0.4) is 0 Å². The largest absolute Gasteiger partial charge is 0.491 e. The summed E-state index contributed by atoms with van der Waals surface area (Å²) >= 11 is 1.38. The van der Waals surface area contributed by atoms with Gasteiger partial charge < -0.3 is 24.5 Å². The lowest BCUT2D eigenvalue weighted by atomic mass is 10.2. The first-order chi connectivity index (χ1) is 14.6. The smallest absolute Gasteiger partial charge is 0.182 e. The van der Waals surface area contributed by atoms with Crippen molar-refractivity contribution in [2.75, 3.05) is 26.1 Å². The summed E-state index contributed by atoms with van der Waals surface area (Å²) < 4.78 is 19.5. The summed E-state index contributed by atoms with van der Waals surface area (Å²) in [4.78, 5) is 14.8. The van der Waals surface area contributed by atoms with Crippen molar-refractivity contribution in [2.45, 2.75) is 32.4 Å². The lowest BCUT2D eigenvalue weighted by Gasteiger charge is -2.18. The minimum atomic E-state index is -0.0735. The van der Waals surface area contributed by atoms with E-state index in [1.807, 2.05) is 31.2 Å². The molecule has 8 nitrogen and oxygen atoms in total. The maximum Gasteiger partial charge on any atom is 0.182 e. The molecule has 0 saturated heterocycles. The maximum absolute atomic E-state index is 6.09. The molecule has 2 N–H and O–H groups in total. The Morgan fingerprint density at radius 1 is 1.20 bits per heavy atom. The maximum atomic E-state index is 6.09. The summed E-state index contributed by atoms with van der Waals surface area (Å²) in [6, 6.07) is 7.80. The van der Waals surface area contributed by atoms with Crippen LogP contribution in [0.5, 0.6) is 11.5 Å². The number of pyridine rings is 1. The summed E-state index contributed by atoms with van der Waals surface area (Å²) in [5.41, 5.74) is 9.25. The first kappa shape index (κ1) is 19.1. The number of nitrogen functional groups attached to an aromatic ring is 1. The highest BCUT2D eigenvalue weighted by molar-refractivity contribution is 7.21. The molecule has 5 rings (SSSR count). The normalized spacial score (nSPS) is 15.0. The predicted octanol–water partition coefficient (Wildman–Crippen LogP) is 3.88. The molecule has 1 aromatic carbocycles. The minimum Gasteiger partial charge on any atom is -0.491 e. The van der Waals surface area contributed by atoms with Gasteiger partial charge in [0.1, 0.15) is 39.2 Å². The van der Waals surface area contributed by atoms with E-state index in [0.717, 1.165) is 63.8 Å². The number of imidazole rings is 1. The topological polar surface area (TPSA) is 97.3 Å². The summed E-state index contributed by atoms with van der Waals surface area (Å²) in [6.07, 6.45) is 1.91. The number of nitrogens with zero attached hydrogens (tertiary/aromatic N) is 4. The van der Waals surface area contributed by atoms with Gasteiger partial charge in [0.05, 0.1) is 18.7 Å². The Morgan fingerprint density at radius 3 is 2.97 bits per heavy atom. The molecule has 0 unspecified atom stereocenters. The van der Waals surface area contributed by atoms with Gasteiger partial charge in [-0.05, 0) is 31.9 Å². The zero-order chi connectivity index (χ0) is 20.7. The molecular weight excluding hydrogens is 402 g/mol. The molecule has 9 heteroatoms. The van der Waals surface area contributed by atoms with Gasteiger partial charge in [-0.25, -0.2) is 15.0 Å². The lowest BCUT2D eigenvalue weighted by Crippen LogP contribution is -2.18. The fourth-order valence-electron chi connectivity index (χ4n) is 3.81. The third-order valence-electron chi connectivity index (χ3n) is 5.05. The molecule has 4 aromatic rings. The van der Waals surface area contributed by atoms with Crippen LogP contribution in [0.25, 0.3) is 32.9 Å². The average Bonchev–Trinajstić information content (AvgIpc) is 3.24. The number of hydrogen-bond donors (Lipinski definition) is 1. The molecule has 0 spiro atoms. The van der Waals surface area contributed by atoms with Gasteiger partial charge in [0.2, 0.25) is 0 Å². The SMILES string of the molecule is COC[C@H](C)Oc1cc2c3c(c1)nc(-c1ccc4nc(N)sc4n1)n3CCCCO2. The van der Waals surface area contributed by atoms with Gasteiger partial charge in [0, 0.05) is 25.8 Å². The Bertz CT molecular complexity index is 1220. The number of thiazole rings is 1. The van der Waals surface area contributed by atoms with Gasteiger partial charge in [-0.3, -0.25) is 0 Å². The molecule has 30 heavy (non-hydrogen) atoms. The van der Waals surface area contributed by atoms with Gasteiger partial charge in [-0.15, -0.1) is 0 Å². The Labute approximate surface area is 177 Å². The Kier molecular flexibility index (Phi) is 4.92. The molecule has 0 aliphatic carbocycles. The highest BCUT2D eigenvalue weighted by Crippen LogP contribution is 2.37. The van der Waals surface area contributed by atoms with Crippen molar-refractivity contribution in [3.63, 3.8) is 0 Å². The first-order valence-corrected chi connectivity index (χ1v) is 10.8. The van der Waals surface area contributed by atoms with Crippen LogP contribution in [-0.4, -0.2) is 45.9 Å².